The first-order chi connectivity index (χ1) is 22.4. The summed E-state index contributed by atoms with van der Waals surface area (Å²) in [4.78, 5) is 9.87. The Balaban J connectivity index is -0.000000110. The van der Waals surface area contributed by atoms with Crippen LogP contribution in [-0.2, 0) is 4.79 Å². The van der Waals surface area contributed by atoms with Gasteiger partial charge in [-0.1, -0.05) is 19.8 Å². The highest BCUT2D eigenvalue weighted by Gasteiger charge is 2.14. The van der Waals surface area contributed by atoms with Gasteiger partial charge < -0.3 is 107 Å². The first-order valence-corrected chi connectivity index (χ1v) is 14.5. The van der Waals surface area contributed by atoms with Crippen LogP contribution in [0.2, 0.25) is 0 Å². The number of carboxylic acids is 1. The van der Waals surface area contributed by atoms with Gasteiger partial charge in [-0.25, -0.2) is 0 Å². The van der Waals surface area contributed by atoms with Crippen LogP contribution < -0.4 is 0 Å². The van der Waals surface area contributed by atoms with E-state index in [4.69, 9.17) is 107 Å². The molecule has 21 N–H and O–H groups in total. The van der Waals surface area contributed by atoms with Crippen molar-refractivity contribution in [1.29, 1.82) is 0 Å². The lowest BCUT2D eigenvalue weighted by atomic mass is 10.2. The van der Waals surface area contributed by atoms with Gasteiger partial charge in [0.05, 0.1) is 66.1 Å². The minimum atomic E-state index is -1.22. The normalized spacial score (nSPS) is 16.5. The van der Waals surface area contributed by atoms with Crippen LogP contribution in [0.3, 0.4) is 0 Å². The zero-order valence-electron chi connectivity index (χ0n) is 27.0. The van der Waals surface area contributed by atoms with Gasteiger partial charge in [0.25, 0.3) is 0 Å². The number of aliphatic hydroxyl groups is 20. The summed E-state index contributed by atoms with van der Waals surface area (Å²) in [6.45, 7) is -3.20. The maximum Gasteiger partial charge on any atom is 0.303 e. The molecule has 0 heterocycles. The van der Waals surface area contributed by atoms with Gasteiger partial charge in [0, 0.05) is 6.42 Å². The van der Waals surface area contributed by atoms with E-state index in [-0.39, 0.29) is 0 Å². The summed E-state index contributed by atoms with van der Waals surface area (Å²) < 4.78 is 0. The predicted molar refractivity (Wildman–Crippen MR) is 163 cm³/mol. The molecular formula is C26H62O22. The van der Waals surface area contributed by atoms with Crippen LogP contribution in [0.1, 0.15) is 32.6 Å². The van der Waals surface area contributed by atoms with Crippen molar-refractivity contribution in [2.75, 3.05) is 66.1 Å². The number of rotatable bonds is 19. The van der Waals surface area contributed by atoms with Gasteiger partial charge in [0.15, 0.2) is 0 Å². The Kier molecular flexibility index (Phi) is 53.6. The summed E-state index contributed by atoms with van der Waals surface area (Å²) in [6, 6.07) is 0. The number of carbonyl (C=O) groups is 1. The number of aliphatic hydroxyl groups excluding tert-OH is 20. The fourth-order valence-corrected chi connectivity index (χ4v) is 1.74. The molecule has 0 aromatic heterocycles. The number of hydrogen-bond acceptors (Lipinski definition) is 21. The van der Waals surface area contributed by atoms with Crippen LogP contribution in [0.25, 0.3) is 0 Å². The summed E-state index contributed by atoms with van der Waals surface area (Å²) in [5.74, 6) is -0.682. The van der Waals surface area contributed by atoms with E-state index in [0.29, 0.717) is 6.42 Å². The summed E-state index contributed by atoms with van der Waals surface area (Å²) in [5, 5.41) is 174. The van der Waals surface area contributed by atoms with Crippen molar-refractivity contribution < 1.29 is 112 Å². The summed E-state index contributed by atoms with van der Waals surface area (Å²) >= 11 is 0. The second kappa shape index (κ2) is 43.7. The molecule has 0 aliphatic rings. The van der Waals surface area contributed by atoms with E-state index in [9.17, 15) is 4.79 Å². The highest BCUT2D eigenvalue weighted by atomic mass is 16.4. The molecule has 0 aliphatic heterocycles. The van der Waals surface area contributed by atoms with Crippen molar-refractivity contribution in [2.45, 2.75) is 93.6 Å². The molecule has 22 heteroatoms. The van der Waals surface area contributed by atoms with Crippen LogP contribution >= 0.6 is 0 Å². The molecule has 0 unspecified atom stereocenters. The van der Waals surface area contributed by atoms with Crippen molar-refractivity contribution in [3.63, 3.8) is 0 Å². The first-order valence-electron chi connectivity index (χ1n) is 14.5. The molecule has 0 fully saturated rings. The standard InChI is InChI=1S/C6H12O2.5C4H10O4/c1-2-3-4-5-6(7)8;5*5-1-3(7)4(8)2-6/h2-5H2,1H3,(H,7,8);5*3-8H,1-2H2/t;5*3-,4+. The lowest BCUT2D eigenvalue weighted by Gasteiger charge is -2.10. The Bertz CT molecular complexity index is 475. The summed E-state index contributed by atoms with van der Waals surface area (Å²) in [7, 11) is 0. The Hall–Kier alpha value is -1.33. The van der Waals surface area contributed by atoms with Crippen molar-refractivity contribution in [1.82, 2.24) is 0 Å². The Morgan fingerprint density at radius 1 is 0.354 bits per heavy atom. The van der Waals surface area contributed by atoms with E-state index >= 15 is 0 Å². The molecule has 0 saturated carbocycles. The fourth-order valence-electron chi connectivity index (χ4n) is 1.74. The van der Waals surface area contributed by atoms with E-state index in [1.807, 2.05) is 0 Å². The van der Waals surface area contributed by atoms with Crippen molar-refractivity contribution >= 4 is 5.97 Å². The third kappa shape index (κ3) is 44.7. The second-order valence-electron chi connectivity index (χ2n) is 9.35. The minimum Gasteiger partial charge on any atom is -0.481 e. The monoisotopic (exact) mass is 726 g/mol. The van der Waals surface area contributed by atoms with Crippen LogP contribution in [0.4, 0.5) is 0 Å². The van der Waals surface area contributed by atoms with Crippen LogP contribution in [-0.4, -0.2) is 240 Å². The highest BCUT2D eigenvalue weighted by molar-refractivity contribution is 5.66. The van der Waals surface area contributed by atoms with Gasteiger partial charge in [0.1, 0.15) is 61.0 Å². The van der Waals surface area contributed by atoms with Crippen LogP contribution in [0.15, 0.2) is 0 Å². The van der Waals surface area contributed by atoms with Crippen molar-refractivity contribution in [3.05, 3.63) is 0 Å². The number of carboxylic acid groups (broad SMARTS) is 1. The van der Waals surface area contributed by atoms with Gasteiger partial charge in [-0.3, -0.25) is 4.79 Å². The predicted octanol–water partition coefficient (Wildman–Crippen LogP) is -9.88. The maximum atomic E-state index is 9.87. The smallest absolute Gasteiger partial charge is 0.303 e. The molecule has 0 aromatic rings. The molecule has 0 spiro atoms. The molecular weight excluding hydrogens is 664 g/mol. The van der Waals surface area contributed by atoms with Crippen molar-refractivity contribution in [2.24, 2.45) is 0 Å². The molecule has 0 bridgehead atoms. The molecule has 0 rings (SSSR count). The van der Waals surface area contributed by atoms with Gasteiger partial charge in [-0.05, 0) is 6.42 Å². The lowest BCUT2D eigenvalue weighted by molar-refractivity contribution is -0.137. The van der Waals surface area contributed by atoms with Crippen LogP contribution in [0.5, 0.6) is 0 Å². The van der Waals surface area contributed by atoms with Gasteiger partial charge in [-0.15, -0.1) is 0 Å². The molecule has 10 atom stereocenters. The second-order valence-corrected chi connectivity index (χ2v) is 9.35. The fraction of sp³-hybridized carbons (Fsp3) is 0.962. The van der Waals surface area contributed by atoms with Gasteiger partial charge in [-0.2, -0.15) is 0 Å². The molecule has 0 amide bonds. The van der Waals surface area contributed by atoms with Gasteiger partial charge in [0.2, 0.25) is 0 Å². The summed E-state index contributed by atoms with van der Waals surface area (Å²) in [5.41, 5.74) is 0. The molecule has 0 aliphatic carbocycles. The third-order valence-electron chi connectivity index (χ3n) is 5.09. The minimum absolute atomic E-state index is 0.327. The number of hydrogen-bond donors (Lipinski definition) is 21. The molecule has 298 valence electrons. The average molecular weight is 727 g/mol. The van der Waals surface area contributed by atoms with E-state index in [0.717, 1.165) is 19.3 Å². The quantitative estimate of drug-likeness (QED) is 0.0549. The first kappa shape index (κ1) is 58.9. The highest BCUT2D eigenvalue weighted by Crippen LogP contribution is 1.97. The Morgan fingerprint density at radius 3 is 0.583 bits per heavy atom. The maximum absolute atomic E-state index is 9.87. The molecule has 0 radical (unpaired) electrons. The zero-order valence-corrected chi connectivity index (χ0v) is 27.0. The Morgan fingerprint density at radius 2 is 0.500 bits per heavy atom. The number of unbranched alkanes of at least 4 members (excludes halogenated alkanes) is 2. The zero-order chi connectivity index (χ0) is 39.3. The van der Waals surface area contributed by atoms with E-state index in [2.05, 4.69) is 6.92 Å². The molecule has 22 nitrogen and oxygen atoms in total. The molecule has 48 heavy (non-hydrogen) atoms. The largest absolute Gasteiger partial charge is 0.481 e. The van der Waals surface area contributed by atoms with Gasteiger partial charge >= 0.3 is 5.97 Å². The third-order valence-corrected chi connectivity index (χ3v) is 5.09. The Labute approximate surface area is 278 Å². The molecule has 0 aromatic carbocycles. The van der Waals surface area contributed by atoms with Crippen LogP contribution in [0, 0.1) is 0 Å². The van der Waals surface area contributed by atoms with E-state index in [1.54, 1.807) is 0 Å². The molecule has 0 saturated heterocycles. The SMILES string of the molecule is CCCCCC(=O)O.OC[C@@H](O)[C@@H](O)CO.OC[C@@H](O)[C@@H](O)CO.OC[C@@H](O)[C@@H](O)CO.OC[C@@H](O)[C@@H](O)CO.OC[C@@H](O)[C@@H](O)CO. The van der Waals surface area contributed by atoms with E-state index in [1.165, 1.54) is 0 Å². The van der Waals surface area contributed by atoms with E-state index < -0.39 is 133 Å². The number of aliphatic carboxylic acids is 1. The average Bonchev–Trinajstić information content (AvgIpc) is 3.12. The summed E-state index contributed by atoms with van der Waals surface area (Å²) in [6.07, 6.45) is -8.95. The van der Waals surface area contributed by atoms with Crippen molar-refractivity contribution in [3.8, 4) is 0 Å². The topological polar surface area (TPSA) is 442 Å². The lowest BCUT2D eigenvalue weighted by Crippen LogP contribution is -2.31.